The van der Waals surface area contributed by atoms with Crippen LogP contribution >= 0.6 is 91.3 Å². The van der Waals surface area contributed by atoms with Gasteiger partial charge in [0.15, 0.2) is 11.2 Å². The van der Waals surface area contributed by atoms with E-state index in [1.54, 1.807) is 0 Å². The van der Waals surface area contributed by atoms with E-state index < -0.39 is 0 Å². The standard InChI is InChI=1S/C12H2Br5ClO/c13-6-4(18)2-1-3-5-7(14)8(15)9(16)10(17)12(5)19-11(3)6/h1-2H. The minimum atomic E-state index is 0.622. The summed E-state index contributed by atoms with van der Waals surface area (Å²) >= 11 is 23.8. The Balaban J connectivity index is 2.66. The van der Waals surface area contributed by atoms with Crippen LogP contribution < -0.4 is 0 Å². The summed E-state index contributed by atoms with van der Waals surface area (Å²) in [5.41, 5.74) is 1.49. The van der Waals surface area contributed by atoms with E-state index in [0.29, 0.717) is 5.02 Å². The molecule has 0 saturated carbocycles. The van der Waals surface area contributed by atoms with E-state index in [-0.39, 0.29) is 0 Å². The first-order chi connectivity index (χ1) is 8.93. The lowest BCUT2D eigenvalue weighted by Gasteiger charge is -2.04. The van der Waals surface area contributed by atoms with Crippen molar-refractivity contribution in [3.05, 3.63) is 39.5 Å². The Morgan fingerprint density at radius 2 is 1.37 bits per heavy atom. The van der Waals surface area contributed by atoms with E-state index >= 15 is 0 Å². The monoisotopic (exact) mass is 592 g/mol. The van der Waals surface area contributed by atoms with Crippen molar-refractivity contribution in [1.82, 2.24) is 0 Å². The van der Waals surface area contributed by atoms with Crippen LogP contribution in [0.25, 0.3) is 21.9 Å². The van der Waals surface area contributed by atoms with Gasteiger partial charge in [-0.3, -0.25) is 0 Å². The highest BCUT2D eigenvalue weighted by Crippen LogP contribution is 2.48. The molecule has 0 aliphatic carbocycles. The number of halogens is 6. The van der Waals surface area contributed by atoms with E-state index in [1.807, 2.05) is 12.1 Å². The normalized spacial score (nSPS) is 11.7. The molecule has 1 heterocycles. The second kappa shape index (κ2) is 5.29. The highest BCUT2D eigenvalue weighted by atomic mass is 79.9. The SMILES string of the molecule is Clc1ccc2c(oc3c(Br)c(Br)c(Br)c(Br)c32)c1Br. The maximum Gasteiger partial charge on any atom is 0.152 e. The Labute approximate surface area is 155 Å². The van der Waals surface area contributed by atoms with Gasteiger partial charge in [0.25, 0.3) is 0 Å². The maximum atomic E-state index is 6.11. The van der Waals surface area contributed by atoms with E-state index in [1.165, 1.54) is 0 Å². The highest BCUT2D eigenvalue weighted by Gasteiger charge is 2.21. The van der Waals surface area contributed by atoms with Crippen molar-refractivity contribution < 1.29 is 4.42 Å². The minimum absolute atomic E-state index is 0.622. The number of hydrogen-bond donors (Lipinski definition) is 0. The maximum absolute atomic E-state index is 6.11. The fraction of sp³-hybridized carbons (Fsp3) is 0. The molecule has 0 unspecified atom stereocenters. The van der Waals surface area contributed by atoms with Crippen LogP contribution in [0.4, 0.5) is 0 Å². The van der Waals surface area contributed by atoms with Crippen molar-refractivity contribution in [3.63, 3.8) is 0 Å². The molecule has 0 aliphatic heterocycles. The van der Waals surface area contributed by atoms with E-state index in [4.69, 9.17) is 16.0 Å². The summed E-state index contributed by atoms with van der Waals surface area (Å²) in [6.45, 7) is 0. The summed E-state index contributed by atoms with van der Waals surface area (Å²) in [4.78, 5) is 0. The lowest BCUT2D eigenvalue weighted by atomic mass is 10.1. The van der Waals surface area contributed by atoms with Crippen molar-refractivity contribution in [1.29, 1.82) is 0 Å². The Hall–Kier alpha value is 0.930. The summed E-state index contributed by atoms with van der Waals surface area (Å²) in [6.07, 6.45) is 0. The van der Waals surface area contributed by atoms with Crippen LogP contribution in [0, 0.1) is 0 Å². The lowest BCUT2D eigenvalue weighted by Crippen LogP contribution is -1.79. The molecule has 3 rings (SSSR count). The molecule has 0 spiro atoms. The number of rotatable bonds is 0. The van der Waals surface area contributed by atoms with Crippen molar-refractivity contribution in [2.45, 2.75) is 0 Å². The molecule has 0 saturated heterocycles. The third kappa shape index (κ3) is 2.18. The molecule has 1 nitrogen and oxygen atoms in total. The third-order valence-electron chi connectivity index (χ3n) is 2.75. The van der Waals surface area contributed by atoms with Crippen molar-refractivity contribution in [3.8, 4) is 0 Å². The Kier molecular flexibility index (Phi) is 4.13. The first-order valence-corrected chi connectivity index (χ1v) is 9.30. The molecule has 0 N–H and O–H groups in total. The molecule has 0 radical (unpaired) electrons. The fourth-order valence-corrected chi connectivity index (χ4v) is 4.83. The molecule has 0 bridgehead atoms. The molecular weight excluding hydrogens is 595 g/mol. The van der Waals surface area contributed by atoms with E-state index in [2.05, 4.69) is 79.6 Å². The third-order valence-corrected chi connectivity index (χ3v) is 8.81. The zero-order valence-electron chi connectivity index (χ0n) is 8.83. The zero-order chi connectivity index (χ0) is 13.9. The second-order valence-electron chi connectivity index (χ2n) is 3.80. The molecule has 2 aromatic carbocycles. The number of benzene rings is 2. The predicted molar refractivity (Wildman–Crippen MR) is 97.2 cm³/mol. The smallest absolute Gasteiger partial charge is 0.152 e. The Morgan fingerprint density at radius 1 is 0.737 bits per heavy atom. The summed E-state index contributed by atoms with van der Waals surface area (Å²) < 4.78 is 10.3. The van der Waals surface area contributed by atoms with Crippen LogP contribution in [0.5, 0.6) is 0 Å². The molecule has 98 valence electrons. The van der Waals surface area contributed by atoms with Gasteiger partial charge in [-0.05, 0) is 91.8 Å². The van der Waals surface area contributed by atoms with Gasteiger partial charge in [0, 0.05) is 19.7 Å². The summed E-state index contributed by atoms with van der Waals surface area (Å²) in [7, 11) is 0. The largest absolute Gasteiger partial charge is 0.454 e. The van der Waals surface area contributed by atoms with Crippen molar-refractivity contribution in [2.75, 3.05) is 0 Å². The van der Waals surface area contributed by atoms with Crippen molar-refractivity contribution in [2.24, 2.45) is 0 Å². The van der Waals surface area contributed by atoms with Crippen LogP contribution in [0.15, 0.2) is 38.9 Å². The number of furan rings is 1. The van der Waals surface area contributed by atoms with Gasteiger partial charge < -0.3 is 4.42 Å². The molecule has 7 heteroatoms. The molecular formula is C12H2Br5ClO. The van der Waals surface area contributed by atoms with Crippen LogP contribution in [0.3, 0.4) is 0 Å². The van der Waals surface area contributed by atoms with Crippen LogP contribution in [-0.4, -0.2) is 0 Å². The number of hydrogen-bond acceptors (Lipinski definition) is 1. The van der Waals surface area contributed by atoms with E-state index in [0.717, 1.165) is 44.3 Å². The summed E-state index contributed by atoms with van der Waals surface area (Å²) in [6, 6.07) is 3.80. The molecule has 3 aromatic rings. The minimum Gasteiger partial charge on any atom is -0.454 e. The molecule has 0 aliphatic rings. The van der Waals surface area contributed by atoms with Gasteiger partial charge >= 0.3 is 0 Å². The average Bonchev–Trinajstić information content (AvgIpc) is 2.78. The van der Waals surface area contributed by atoms with Gasteiger partial charge in [-0.15, -0.1) is 0 Å². The molecule has 19 heavy (non-hydrogen) atoms. The zero-order valence-corrected chi connectivity index (χ0v) is 17.5. The second-order valence-corrected chi connectivity index (χ2v) is 8.17. The molecule has 0 atom stereocenters. The van der Waals surface area contributed by atoms with Gasteiger partial charge in [-0.25, -0.2) is 0 Å². The average molecular weight is 597 g/mol. The van der Waals surface area contributed by atoms with Gasteiger partial charge in [-0.2, -0.15) is 0 Å². The molecule has 0 amide bonds. The van der Waals surface area contributed by atoms with Gasteiger partial charge in [0.1, 0.15) is 0 Å². The van der Waals surface area contributed by atoms with Crippen molar-refractivity contribution >= 4 is 113 Å². The molecule has 1 aromatic heterocycles. The highest BCUT2D eigenvalue weighted by molar-refractivity contribution is 9.15. The van der Waals surface area contributed by atoms with Gasteiger partial charge in [-0.1, -0.05) is 11.6 Å². The topological polar surface area (TPSA) is 13.1 Å². The Bertz CT molecular complexity index is 840. The summed E-state index contributed by atoms with van der Waals surface area (Å²) in [5, 5.41) is 2.61. The first kappa shape index (κ1) is 14.9. The fourth-order valence-electron chi connectivity index (χ4n) is 1.88. The van der Waals surface area contributed by atoms with Gasteiger partial charge in [0.2, 0.25) is 0 Å². The predicted octanol–water partition coefficient (Wildman–Crippen LogP) is 8.05. The quantitative estimate of drug-likeness (QED) is 0.189. The summed E-state index contributed by atoms with van der Waals surface area (Å²) in [5.74, 6) is 0. The van der Waals surface area contributed by atoms with E-state index in [9.17, 15) is 0 Å². The molecule has 0 fully saturated rings. The van der Waals surface area contributed by atoms with Crippen LogP contribution in [0.1, 0.15) is 0 Å². The first-order valence-electron chi connectivity index (χ1n) is 4.95. The van der Waals surface area contributed by atoms with Crippen LogP contribution in [-0.2, 0) is 0 Å². The van der Waals surface area contributed by atoms with Gasteiger partial charge in [0.05, 0.1) is 18.4 Å². The number of fused-ring (bicyclic) bond motifs is 3. The van der Waals surface area contributed by atoms with Crippen LogP contribution in [0.2, 0.25) is 5.02 Å². The Morgan fingerprint density at radius 3 is 2.05 bits per heavy atom. The lowest BCUT2D eigenvalue weighted by molar-refractivity contribution is 0.664.